The summed E-state index contributed by atoms with van der Waals surface area (Å²) in [6.45, 7) is 3.07. The zero-order chi connectivity index (χ0) is 8.55. The van der Waals surface area contributed by atoms with Crippen molar-refractivity contribution in [3.63, 3.8) is 0 Å². The smallest absolute Gasteiger partial charge is 0.143 e. The minimum absolute atomic E-state index is 0.268. The summed E-state index contributed by atoms with van der Waals surface area (Å²) in [7, 11) is 0. The first-order chi connectivity index (χ1) is 5.75. The summed E-state index contributed by atoms with van der Waals surface area (Å²) in [6.07, 6.45) is 2.22. The fourth-order valence-electron chi connectivity index (χ4n) is 1.47. The van der Waals surface area contributed by atoms with Gasteiger partial charge >= 0.3 is 0 Å². The van der Waals surface area contributed by atoms with Crippen molar-refractivity contribution in [1.29, 1.82) is 0 Å². The maximum absolute atomic E-state index is 12.7. The molecule has 1 aliphatic heterocycles. The fraction of sp³-hybridized carbons (Fsp3) is 0.444. The van der Waals surface area contributed by atoms with Crippen molar-refractivity contribution in [2.45, 2.75) is 13.3 Å². The number of nitrogens with one attached hydrogen (secondary N) is 1. The first-order valence-electron chi connectivity index (χ1n) is 4.14. The molecule has 2 nitrogen and oxygen atoms in total. The normalized spacial score (nSPS) is 21.3. The minimum Gasteiger partial charge on any atom is -0.383 e. The fourth-order valence-corrected chi connectivity index (χ4v) is 1.47. The van der Waals surface area contributed by atoms with E-state index in [4.69, 9.17) is 0 Å². The predicted octanol–water partition coefficient (Wildman–Crippen LogP) is 1.82. The van der Waals surface area contributed by atoms with Crippen LogP contribution in [0.3, 0.4) is 0 Å². The quantitative estimate of drug-likeness (QED) is 0.636. The van der Waals surface area contributed by atoms with Crippen LogP contribution in [0, 0.1) is 11.7 Å². The highest BCUT2D eigenvalue weighted by atomic mass is 19.1. The summed E-state index contributed by atoms with van der Waals surface area (Å²) in [6, 6.07) is 1.51. The van der Waals surface area contributed by atoms with Crippen LogP contribution < -0.4 is 5.32 Å². The van der Waals surface area contributed by atoms with Gasteiger partial charge in [-0.3, -0.25) is 4.98 Å². The Balaban J connectivity index is 2.37. The summed E-state index contributed by atoms with van der Waals surface area (Å²) in [5.74, 6) is 0.325. The van der Waals surface area contributed by atoms with Crippen LogP contribution in [0.25, 0.3) is 0 Å². The maximum Gasteiger partial charge on any atom is 0.143 e. The second-order valence-electron chi connectivity index (χ2n) is 3.34. The lowest BCUT2D eigenvalue weighted by molar-refractivity contribution is 0.571. The van der Waals surface area contributed by atoms with Crippen LogP contribution >= 0.6 is 0 Å². The van der Waals surface area contributed by atoms with E-state index >= 15 is 0 Å². The van der Waals surface area contributed by atoms with Gasteiger partial charge < -0.3 is 5.32 Å². The first kappa shape index (κ1) is 7.53. The average molecular weight is 166 g/mol. The van der Waals surface area contributed by atoms with Crippen LogP contribution in [0.4, 0.5) is 10.1 Å². The van der Waals surface area contributed by atoms with Gasteiger partial charge in [-0.2, -0.15) is 0 Å². The van der Waals surface area contributed by atoms with E-state index in [-0.39, 0.29) is 5.82 Å². The lowest BCUT2D eigenvalue weighted by Gasteiger charge is -2.21. The van der Waals surface area contributed by atoms with Gasteiger partial charge in [0.2, 0.25) is 0 Å². The van der Waals surface area contributed by atoms with Gasteiger partial charge in [0.05, 0.1) is 17.6 Å². The van der Waals surface area contributed by atoms with Crippen molar-refractivity contribution in [3.8, 4) is 0 Å². The molecule has 1 aromatic heterocycles. The molecule has 0 aliphatic carbocycles. The van der Waals surface area contributed by atoms with Gasteiger partial charge in [-0.05, 0) is 12.3 Å². The number of hydrogen-bond donors (Lipinski definition) is 1. The summed E-state index contributed by atoms with van der Waals surface area (Å²) in [4.78, 5) is 4.03. The Morgan fingerprint density at radius 2 is 2.50 bits per heavy atom. The summed E-state index contributed by atoms with van der Waals surface area (Å²) >= 11 is 0. The highest BCUT2D eigenvalue weighted by Gasteiger charge is 2.15. The molecule has 1 aromatic rings. The third-order valence-electron chi connectivity index (χ3n) is 2.12. The van der Waals surface area contributed by atoms with E-state index in [1.54, 1.807) is 0 Å². The SMILES string of the molecule is CC1CNc2cc(F)cnc2C1. The Kier molecular flexibility index (Phi) is 1.71. The Hall–Kier alpha value is -1.12. The van der Waals surface area contributed by atoms with Gasteiger partial charge in [0.25, 0.3) is 0 Å². The third-order valence-corrected chi connectivity index (χ3v) is 2.12. The van der Waals surface area contributed by atoms with Crippen molar-refractivity contribution in [2.75, 3.05) is 11.9 Å². The highest BCUT2D eigenvalue weighted by molar-refractivity contribution is 5.49. The number of nitrogens with zero attached hydrogens (tertiary/aromatic N) is 1. The lowest BCUT2D eigenvalue weighted by atomic mass is 10.0. The largest absolute Gasteiger partial charge is 0.383 e. The Morgan fingerprint density at radius 1 is 1.67 bits per heavy atom. The molecule has 0 radical (unpaired) electrons. The zero-order valence-corrected chi connectivity index (χ0v) is 6.97. The van der Waals surface area contributed by atoms with Crippen molar-refractivity contribution in [1.82, 2.24) is 4.98 Å². The molecule has 1 atom stereocenters. The molecule has 0 amide bonds. The van der Waals surface area contributed by atoms with Crippen molar-refractivity contribution in [3.05, 3.63) is 23.8 Å². The van der Waals surface area contributed by atoms with E-state index < -0.39 is 0 Å². The zero-order valence-electron chi connectivity index (χ0n) is 6.97. The van der Waals surface area contributed by atoms with Crippen LogP contribution in [0.15, 0.2) is 12.3 Å². The standard InChI is InChI=1S/C9H11FN2/c1-6-2-8-9(11-4-6)3-7(10)5-12-8/h3,5-6,11H,2,4H2,1H3. The molecule has 0 bridgehead atoms. The monoisotopic (exact) mass is 166 g/mol. The van der Waals surface area contributed by atoms with E-state index in [2.05, 4.69) is 17.2 Å². The Labute approximate surface area is 70.8 Å². The van der Waals surface area contributed by atoms with E-state index in [0.717, 1.165) is 24.3 Å². The van der Waals surface area contributed by atoms with E-state index in [1.807, 2.05) is 0 Å². The molecule has 1 N–H and O–H groups in total. The Bertz CT molecular complexity index is 299. The first-order valence-corrected chi connectivity index (χ1v) is 4.14. The van der Waals surface area contributed by atoms with E-state index in [0.29, 0.717) is 5.92 Å². The number of hydrogen-bond acceptors (Lipinski definition) is 2. The van der Waals surface area contributed by atoms with Gasteiger partial charge in [0.1, 0.15) is 5.82 Å². The molecule has 2 heterocycles. The molecule has 3 heteroatoms. The minimum atomic E-state index is -0.268. The molecule has 1 unspecified atom stereocenters. The van der Waals surface area contributed by atoms with Crippen LogP contribution in [0.5, 0.6) is 0 Å². The van der Waals surface area contributed by atoms with Crippen molar-refractivity contribution >= 4 is 5.69 Å². The summed E-state index contributed by atoms with van der Waals surface area (Å²) in [5.41, 5.74) is 1.84. The van der Waals surface area contributed by atoms with Gasteiger partial charge in [-0.15, -0.1) is 0 Å². The molecule has 0 fully saturated rings. The van der Waals surface area contributed by atoms with Crippen molar-refractivity contribution < 1.29 is 4.39 Å². The second-order valence-corrected chi connectivity index (χ2v) is 3.34. The van der Waals surface area contributed by atoms with Crippen LogP contribution in [0.2, 0.25) is 0 Å². The van der Waals surface area contributed by atoms with Gasteiger partial charge in [-0.1, -0.05) is 6.92 Å². The third kappa shape index (κ3) is 1.26. The number of halogens is 1. The topological polar surface area (TPSA) is 24.9 Å². The van der Waals surface area contributed by atoms with E-state index in [9.17, 15) is 4.39 Å². The predicted molar refractivity (Wildman–Crippen MR) is 45.6 cm³/mol. The van der Waals surface area contributed by atoms with Crippen LogP contribution in [0.1, 0.15) is 12.6 Å². The number of fused-ring (bicyclic) bond motifs is 1. The average Bonchev–Trinajstić information content (AvgIpc) is 2.05. The number of pyridine rings is 1. The molecule has 1 aliphatic rings. The molecule has 12 heavy (non-hydrogen) atoms. The highest BCUT2D eigenvalue weighted by Crippen LogP contribution is 2.22. The Morgan fingerprint density at radius 3 is 3.33 bits per heavy atom. The van der Waals surface area contributed by atoms with Gasteiger partial charge in [-0.25, -0.2) is 4.39 Å². The lowest BCUT2D eigenvalue weighted by Crippen LogP contribution is -2.21. The molecule has 0 aromatic carbocycles. The summed E-state index contributed by atoms with van der Waals surface area (Å²) in [5, 5.41) is 3.15. The number of aromatic nitrogens is 1. The van der Waals surface area contributed by atoms with Crippen molar-refractivity contribution in [2.24, 2.45) is 5.92 Å². The second kappa shape index (κ2) is 2.73. The molecule has 0 spiro atoms. The van der Waals surface area contributed by atoms with Crippen LogP contribution in [-0.4, -0.2) is 11.5 Å². The summed E-state index contributed by atoms with van der Waals surface area (Å²) < 4.78 is 12.7. The maximum atomic E-state index is 12.7. The molecular weight excluding hydrogens is 155 g/mol. The van der Waals surface area contributed by atoms with Gasteiger partial charge in [0, 0.05) is 12.6 Å². The molecule has 64 valence electrons. The number of rotatable bonds is 0. The van der Waals surface area contributed by atoms with Crippen LogP contribution in [-0.2, 0) is 6.42 Å². The molecule has 0 saturated heterocycles. The number of anilines is 1. The molecule has 0 saturated carbocycles. The van der Waals surface area contributed by atoms with E-state index in [1.165, 1.54) is 12.3 Å². The molecule has 2 rings (SSSR count). The molecular formula is C9H11FN2. The van der Waals surface area contributed by atoms with Gasteiger partial charge in [0.15, 0.2) is 0 Å².